The molecule has 8 N–H and O–H groups in total. The minimum Gasteiger partial charge on any atom is -0.406 e. The number of anilines is 1. The van der Waals surface area contributed by atoms with Crippen molar-refractivity contribution in [1.82, 2.24) is 15.3 Å². The van der Waals surface area contributed by atoms with Crippen molar-refractivity contribution < 1.29 is 32.0 Å². The van der Waals surface area contributed by atoms with Gasteiger partial charge >= 0.3 is 6.36 Å². The van der Waals surface area contributed by atoms with Crippen molar-refractivity contribution >= 4 is 28.4 Å². The third kappa shape index (κ3) is 10.2. The Morgan fingerprint density at radius 3 is 2.36 bits per heavy atom. The number of halogens is 3. The number of pyridine rings is 2. The molecule has 3 rings (SSSR count). The third-order valence-corrected chi connectivity index (χ3v) is 6.87. The predicted octanol–water partition coefficient (Wildman–Crippen LogP) is 1.67. The zero-order chi connectivity index (χ0) is 30.8. The Bertz CT molecular complexity index is 1320. The van der Waals surface area contributed by atoms with Crippen LogP contribution in [0.15, 0.2) is 55.0 Å². The van der Waals surface area contributed by atoms with Crippen LogP contribution in [0.4, 0.5) is 18.9 Å². The minimum atomic E-state index is -4.83. The van der Waals surface area contributed by atoms with Crippen LogP contribution in [0.3, 0.4) is 0 Å². The number of quaternary nitrogens is 1. The molecular formula is C28H38F3N8O3+. The quantitative estimate of drug-likeness (QED) is 0.166. The van der Waals surface area contributed by atoms with Crippen LogP contribution in [0.25, 0.3) is 10.9 Å². The Kier molecular flexibility index (Phi) is 11.6. The molecule has 228 valence electrons. The first kappa shape index (κ1) is 32.7. The number of aromatic nitrogens is 2. The van der Waals surface area contributed by atoms with Gasteiger partial charge in [0.15, 0.2) is 0 Å². The van der Waals surface area contributed by atoms with E-state index in [9.17, 15) is 22.8 Å². The lowest BCUT2D eigenvalue weighted by atomic mass is 10.0. The van der Waals surface area contributed by atoms with Crippen molar-refractivity contribution in [3.63, 3.8) is 0 Å². The van der Waals surface area contributed by atoms with E-state index in [1.807, 2.05) is 0 Å². The number of carbonyl (C=O) groups excluding carboxylic acids is 2. The van der Waals surface area contributed by atoms with Crippen LogP contribution in [0.2, 0.25) is 0 Å². The number of likely N-dealkylation sites (N-methyl/N-ethyl adjacent to an activating group) is 1. The van der Waals surface area contributed by atoms with Crippen molar-refractivity contribution in [3.8, 4) is 5.75 Å². The number of hydrogen-bond donors (Lipinski definition) is 5. The van der Waals surface area contributed by atoms with E-state index in [0.29, 0.717) is 52.6 Å². The minimum absolute atomic E-state index is 0.0128. The molecule has 1 aromatic carbocycles. The fraction of sp³-hybridized carbons (Fsp3) is 0.429. The molecule has 0 aliphatic rings. The maximum atomic E-state index is 13.3. The molecule has 0 aliphatic heterocycles. The summed E-state index contributed by atoms with van der Waals surface area (Å²) in [5, 5.41) is 6.16. The van der Waals surface area contributed by atoms with Crippen LogP contribution >= 0.6 is 0 Å². The van der Waals surface area contributed by atoms with Crippen molar-refractivity contribution in [2.75, 3.05) is 45.1 Å². The average Bonchev–Trinajstić information content (AvgIpc) is 2.93. The molecule has 3 aromatic rings. The van der Waals surface area contributed by atoms with Crippen LogP contribution in [0, 0.1) is 0 Å². The van der Waals surface area contributed by atoms with Gasteiger partial charge in [0.25, 0.3) is 0 Å². The lowest BCUT2D eigenvalue weighted by Crippen LogP contribution is -2.52. The van der Waals surface area contributed by atoms with E-state index in [-0.39, 0.29) is 6.42 Å². The fourth-order valence-electron chi connectivity index (χ4n) is 4.60. The van der Waals surface area contributed by atoms with Crippen LogP contribution < -0.4 is 32.6 Å². The summed E-state index contributed by atoms with van der Waals surface area (Å²) in [5.74, 6) is -1.48. The van der Waals surface area contributed by atoms with Gasteiger partial charge in [-0.2, -0.15) is 0 Å². The first-order valence-electron chi connectivity index (χ1n) is 13.6. The number of carbonyl (C=O) groups is 2. The lowest BCUT2D eigenvalue weighted by molar-refractivity contribution is -0.907. The van der Waals surface area contributed by atoms with Gasteiger partial charge in [0.05, 0.1) is 50.1 Å². The van der Waals surface area contributed by atoms with Gasteiger partial charge in [-0.3, -0.25) is 19.6 Å². The largest absolute Gasteiger partial charge is 0.573 e. The van der Waals surface area contributed by atoms with Gasteiger partial charge in [-0.1, -0.05) is 12.1 Å². The monoisotopic (exact) mass is 591 g/mol. The maximum absolute atomic E-state index is 13.3. The van der Waals surface area contributed by atoms with Gasteiger partial charge in [0, 0.05) is 37.3 Å². The van der Waals surface area contributed by atoms with E-state index in [2.05, 4.69) is 32.4 Å². The second-order valence-corrected chi connectivity index (χ2v) is 10.4. The van der Waals surface area contributed by atoms with Gasteiger partial charge in [-0.25, -0.2) is 0 Å². The second kappa shape index (κ2) is 14.9. The number of nitrogens with two attached hydrogens (primary N) is 3. The van der Waals surface area contributed by atoms with Crippen molar-refractivity contribution in [3.05, 3.63) is 60.6 Å². The Labute approximate surface area is 242 Å². The predicted molar refractivity (Wildman–Crippen MR) is 153 cm³/mol. The number of ether oxygens (including phenoxy) is 1. The fourth-order valence-corrected chi connectivity index (χ4v) is 4.60. The van der Waals surface area contributed by atoms with Crippen molar-refractivity contribution in [2.45, 2.75) is 37.7 Å². The summed E-state index contributed by atoms with van der Waals surface area (Å²) in [6, 6.07) is 6.52. The smallest absolute Gasteiger partial charge is 0.406 e. The summed E-state index contributed by atoms with van der Waals surface area (Å²) in [4.78, 5) is 34.8. The number of nitrogens with zero attached hydrogens (tertiary/aromatic N) is 3. The Hall–Kier alpha value is -3.85. The van der Waals surface area contributed by atoms with E-state index >= 15 is 0 Å². The van der Waals surface area contributed by atoms with Crippen molar-refractivity contribution in [2.24, 2.45) is 17.2 Å². The van der Waals surface area contributed by atoms with E-state index in [1.165, 1.54) is 18.3 Å². The highest BCUT2D eigenvalue weighted by atomic mass is 19.4. The Morgan fingerprint density at radius 1 is 1.02 bits per heavy atom. The normalized spacial score (nSPS) is 13.4. The number of nitrogens with one attached hydrogen (secondary N) is 2. The van der Waals surface area contributed by atoms with Gasteiger partial charge < -0.3 is 37.1 Å². The van der Waals surface area contributed by atoms with Crippen LogP contribution in [0.5, 0.6) is 5.75 Å². The molecule has 2 heterocycles. The number of alkyl halides is 3. The number of rotatable bonds is 15. The summed E-state index contributed by atoms with van der Waals surface area (Å²) < 4.78 is 42.2. The summed E-state index contributed by atoms with van der Waals surface area (Å²) >= 11 is 0. The number of hydrogen-bond acceptors (Lipinski definition) is 8. The summed E-state index contributed by atoms with van der Waals surface area (Å²) in [6.45, 7) is 3.23. The van der Waals surface area contributed by atoms with Gasteiger partial charge in [-0.05, 0) is 42.7 Å². The molecule has 0 saturated carbocycles. The first-order chi connectivity index (χ1) is 19.9. The molecule has 42 heavy (non-hydrogen) atoms. The van der Waals surface area contributed by atoms with Crippen LogP contribution in [0.1, 0.15) is 18.4 Å². The molecule has 0 spiro atoms. The number of amides is 2. The van der Waals surface area contributed by atoms with Gasteiger partial charge in [0.1, 0.15) is 11.8 Å². The highest BCUT2D eigenvalue weighted by Gasteiger charge is 2.31. The van der Waals surface area contributed by atoms with Gasteiger partial charge in [-0.15, -0.1) is 13.2 Å². The first-order valence-corrected chi connectivity index (χ1v) is 13.6. The zero-order valence-corrected chi connectivity index (χ0v) is 23.4. The topological polar surface area (TPSA) is 171 Å². The molecule has 2 aromatic heterocycles. The molecule has 2 amide bonds. The summed E-state index contributed by atoms with van der Waals surface area (Å²) in [7, 11) is 2.05. The molecule has 0 saturated heterocycles. The summed E-state index contributed by atoms with van der Waals surface area (Å²) in [5.41, 5.74) is 19.2. The molecular weight excluding hydrogens is 553 g/mol. The highest BCUT2D eigenvalue weighted by Crippen LogP contribution is 2.23. The Balaban J connectivity index is 1.71. The molecule has 2 atom stereocenters. The molecule has 11 nitrogen and oxygen atoms in total. The van der Waals surface area contributed by atoms with E-state index in [1.54, 1.807) is 24.5 Å². The molecule has 1 unspecified atom stereocenters. The van der Waals surface area contributed by atoms with E-state index < -0.39 is 36.0 Å². The number of fused-ring (bicyclic) bond motifs is 1. The summed E-state index contributed by atoms with van der Waals surface area (Å²) in [6.07, 6.45) is 0.845. The molecule has 0 aliphatic carbocycles. The zero-order valence-electron chi connectivity index (χ0n) is 23.4. The molecule has 0 radical (unpaired) electrons. The van der Waals surface area contributed by atoms with E-state index in [4.69, 9.17) is 17.2 Å². The second-order valence-electron chi connectivity index (χ2n) is 10.4. The van der Waals surface area contributed by atoms with Crippen molar-refractivity contribution in [1.29, 1.82) is 0 Å². The van der Waals surface area contributed by atoms with Crippen LogP contribution in [-0.4, -0.2) is 84.5 Å². The standard InChI is InChI=1S/C28H37F3N8O3/c1-39(13-9-32,14-10-33)12-2-3-23(34)26(40)38-25(15-19-4-6-22(7-5-19)42-28(29,30)31)27(41)37-21-16-20-17-35-11-8-24(20)36-18-21/h4-8,11,16-18,23,25H,2-3,9-10,12-15,32-34H2,1H3,(H-,37,38,40,41)/p+1/t23?,25-/m0/s1. The Morgan fingerprint density at radius 2 is 1.71 bits per heavy atom. The van der Waals surface area contributed by atoms with Gasteiger partial charge in [0.2, 0.25) is 11.8 Å². The average molecular weight is 592 g/mol. The third-order valence-electron chi connectivity index (χ3n) is 6.87. The van der Waals surface area contributed by atoms with E-state index in [0.717, 1.165) is 31.8 Å². The molecule has 0 fully saturated rings. The lowest BCUT2D eigenvalue weighted by Gasteiger charge is -2.34. The van der Waals surface area contributed by atoms with Crippen LogP contribution in [-0.2, 0) is 16.0 Å². The SMILES string of the molecule is C[N+](CCN)(CCN)CCCC(N)C(=O)N[C@@H](Cc1ccc(OC(F)(F)F)cc1)C(=O)Nc1cnc2ccncc2c1. The molecule has 14 heteroatoms. The highest BCUT2D eigenvalue weighted by molar-refractivity contribution is 5.99. The maximum Gasteiger partial charge on any atom is 0.573 e. The number of benzene rings is 1. The molecule has 0 bridgehead atoms.